The van der Waals surface area contributed by atoms with Gasteiger partial charge >= 0.3 is 0 Å². The molecule has 4 nitrogen and oxygen atoms in total. The van der Waals surface area contributed by atoms with Crippen LogP contribution in [0.1, 0.15) is 5.56 Å². The van der Waals surface area contributed by atoms with Crippen LogP contribution in [0.4, 0.5) is 0 Å². The molecule has 1 aromatic carbocycles. The molecule has 0 spiro atoms. The van der Waals surface area contributed by atoms with Gasteiger partial charge in [0, 0.05) is 32.7 Å². The van der Waals surface area contributed by atoms with Crippen LogP contribution in [-0.4, -0.2) is 51.8 Å². The lowest BCUT2D eigenvalue weighted by Crippen LogP contribution is -2.43. The number of hydrogen-bond acceptors (Lipinski definition) is 4. The first-order valence-corrected chi connectivity index (χ1v) is 6.65. The van der Waals surface area contributed by atoms with Gasteiger partial charge in [-0.3, -0.25) is 4.90 Å². The summed E-state index contributed by atoms with van der Waals surface area (Å²) in [5.41, 5.74) is 1.13. The maximum atomic E-state index is 5.30. The van der Waals surface area contributed by atoms with Crippen LogP contribution in [0.3, 0.4) is 0 Å². The number of rotatable bonds is 5. The number of methoxy groups -OCH3 is 2. The lowest BCUT2D eigenvalue weighted by Gasteiger charge is -2.25. The Bertz CT molecular complexity index is 426. The van der Waals surface area contributed by atoms with E-state index >= 15 is 0 Å². The maximum absolute atomic E-state index is 5.30. The molecular formula is C15H22N2O2. The molecule has 104 valence electrons. The first kappa shape index (κ1) is 13.9. The molecule has 0 saturated carbocycles. The fourth-order valence-corrected chi connectivity index (χ4v) is 2.19. The molecule has 19 heavy (non-hydrogen) atoms. The molecule has 0 atom stereocenters. The molecule has 0 radical (unpaired) electrons. The molecule has 1 fully saturated rings. The predicted octanol–water partition coefficient (Wildman–Crippen LogP) is 1.62. The molecule has 0 aliphatic carbocycles. The summed E-state index contributed by atoms with van der Waals surface area (Å²) in [5.74, 6) is 1.54. The van der Waals surface area contributed by atoms with E-state index in [1.807, 2.05) is 18.2 Å². The second kappa shape index (κ2) is 7.16. The zero-order valence-corrected chi connectivity index (χ0v) is 11.7. The van der Waals surface area contributed by atoms with Crippen molar-refractivity contribution in [2.75, 3.05) is 46.9 Å². The Kier molecular flexibility index (Phi) is 5.24. The molecule has 0 unspecified atom stereocenters. The topological polar surface area (TPSA) is 33.7 Å². The van der Waals surface area contributed by atoms with Crippen LogP contribution >= 0.6 is 0 Å². The third-order valence-electron chi connectivity index (χ3n) is 3.29. The highest BCUT2D eigenvalue weighted by Crippen LogP contribution is 2.27. The second-order valence-corrected chi connectivity index (χ2v) is 4.57. The average Bonchev–Trinajstić information content (AvgIpc) is 2.48. The molecule has 1 heterocycles. The molecule has 0 aromatic heterocycles. The van der Waals surface area contributed by atoms with Crippen molar-refractivity contribution in [1.29, 1.82) is 0 Å². The Balaban J connectivity index is 1.94. The van der Waals surface area contributed by atoms with Crippen LogP contribution in [0, 0.1) is 0 Å². The lowest BCUT2D eigenvalue weighted by atomic mass is 10.2. The third kappa shape index (κ3) is 3.98. The quantitative estimate of drug-likeness (QED) is 0.874. The molecule has 1 aliphatic heterocycles. The summed E-state index contributed by atoms with van der Waals surface area (Å²) in [4.78, 5) is 2.44. The van der Waals surface area contributed by atoms with Crippen LogP contribution < -0.4 is 14.8 Å². The zero-order chi connectivity index (χ0) is 13.5. The van der Waals surface area contributed by atoms with Gasteiger partial charge in [-0.05, 0) is 17.7 Å². The van der Waals surface area contributed by atoms with Crippen molar-refractivity contribution < 1.29 is 9.47 Å². The highest BCUT2D eigenvalue weighted by Gasteiger charge is 2.07. The third-order valence-corrected chi connectivity index (χ3v) is 3.29. The Hall–Kier alpha value is -1.52. The van der Waals surface area contributed by atoms with E-state index in [-0.39, 0.29) is 0 Å². The zero-order valence-electron chi connectivity index (χ0n) is 11.7. The van der Waals surface area contributed by atoms with Gasteiger partial charge in [-0.15, -0.1) is 0 Å². The minimum Gasteiger partial charge on any atom is -0.493 e. The van der Waals surface area contributed by atoms with Crippen LogP contribution in [0.5, 0.6) is 11.5 Å². The van der Waals surface area contributed by atoms with E-state index in [1.54, 1.807) is 14.2 Å². The molecule has 2 rings (SSSR count). The van der Waals surface area contributed by atoms with Gasteiger partial charge < -0.3 is 14.8 Å². The normalized spacial score (nSPS) is 16.7. The Morgan fingerprint density at radius 3 is 2.58 bits per heavy atom. The van der Waals surface area contributed by atoms with Crippen LogP contribution in [0.25, 0.3) is 6.08 Å². The minimum atomic E-state index is 0.766. The number of ether oxygens (including phenoxy) is 2. The summed E-state index contributed by atoms with van der Waals surface area (Å²) in [6.45, 7) is 5.41. The number of piperazine rings is 1. The van der Waals surface area contributed by atoms with Crippen molar-refractivity contribution in [2.24, 2.45) is 0 Å². The Labute approximate surface area is 115 Å². The lowest BCUT2D eigenvalue weighted by molar-refractivity contribution is 0.265. The standard InChI is InChI=1S/C15H22N2O2/c1-18-14-6-5-13(12-15(14)19-2)4-3-9-17-10-7-16-8-11-17/h3-6,12,16H,7-11H2,1-2H3. The van der Waals surface area contributed by atoms with Gasteiger partial charge in [0.15, 0.2) is 11.5 Å². The molecule has 0 amide bonds. The van der Waals surface area contributed by atoms with Crippen LogP contribution in [0.15, 0.2) is 24.3 Å². The van der Waals surface area contributed by atoms with Gasteiger partial charge in [0.2, 0.25) is 0 Å². The van der Waals surface area contributed by atoms with Gasteiger partial charge in [0.05, 0.1) is 14.2 Å². The molecule has 1 aromatic rings. The Morgan fingerprint density at radius 2 is 1.89 bits per heavy atom. The highest BCUT2D eigenvalue weighted by atomic mass is 16.5. The summed E-state index contributed by atoms with van der Waals surface area (Å²) in [6.07, 6.45) is 4.33. The molecule has 1 aliphatic rings. The van der Waals surface area contributed by atoms with E-state index in [0.29, 0.717) is 0 Å². The van der Waals surface area contributed by atoms with Crippen LogP contribution in [-0.2, 0) is 0 Å². The van der Waals surface area contributed by atoms with Crippen molar-refractivity contribution in [3.8, 4) is 11.5 Å². The monoisotopic (exact) mass is 262 g/mol. The fraction of sp³-hybridized carbons (Fsp3) is 0.467. The van der Waals surface area contributed by atoms with Gasteiger partial charge in [-0.1, -0.05) is 18.2 Å². The first-order valence-electron chi connectivity index (χ1n) is 6.65. The van der Waals surface area contributed by atoms with Crippen LogP contribution in [0.2, 0.25) is 0 Å². The fourth-order valence-electron chi connectivity index (χ4n) is 2.19. The van der Waals surface area contributed by atoms with E-state index in [0.717, 1.165) is 49.8 Å². The van der Waals surface area contributed by atoms with Gasteiger partial charge in [-0.2, -0.15) is 0 Å². The maximum Gasteiger partial charge on any atom is 0.161 e. The number of nitrogens with zero attached hydrogens (tertiary/aromatic N) is 1. The molecule has 1 N–H and O–H groups in total. The van der Waals surface area contributed by atoms with Gasteiger partial charge in [0.1, 0.15) is 0 Å². The summed E-state index contributed by atoms with van der Waals surface area (Å²) in [5, 5.41) is 3.35. The SMILES string of the molecule is COc1ccc(C=CCN2CCNCC2)cc1OC. The van der Waals surface area contributed by atoms with Crippen molar-refractivity contribution in [2.45, 2.75) is 0 Å². The van der Waals surface area contributed by atoms with E-state index in [2.05, 4.69) is 22.4 Å². The predicted molar refractivity (Wildman–Crippen MR) is 77.9 cm³/mol. The molecule has 4 heteroatoms. The van der Waals surface area contributed by atoms with Crippen molar-refractivity contribution in [3.63, 3.8) is 0 Å². The van der Waals surface area contributed by atoms with Crippen molar-refractivity contribution in [3.05, 3.63) is 29.8 Å². The largest absolute Gasteiger partial charge is 0.493 e. The van der Waals surface area contributed by atoms with Crippen molar-refractivity contribution in [1.82, 2.24) is 10.2 Å². The number of benzene rings is 1. The molecule has 1 saturated heterocycles. The number of hydrogen-bond donors (Lipinski definition) is 1. The summed E-state index contributed by atoms with van der Waals surface area (Å²) in [7, 11) is 3.31. The van der Waals surface area contributed by atoms with E-state index in [1.165, 1.54) is 0 Å². The van der Waals surface area contributed by atoms with E-state index < -0.39 is 0 Å². The number of nitrogens with one attached hydrogen (secondary N) is 1. The minimum absolute atomic E-state index is 0.766. The van der Waals surface area contributed by atoms with Gasteiger partial charge in [0.25, 0.3) is 0 Å². The second-order valence-electron chi connectivity index (χ2n) is 4.57. The average molecular weight is 262 g/mol. The van der Waals surface area contributed by atoms with Gasteiger partial charge in [-0.25, -0.2) is 0 Å². The first-order chi connectivity index (χ1) is 9.33. The molecule has 0 bridgehead atoms. The summed E-state index contributed by atoms with van der Waals surface area (Å²) < 4.78 is 10.5. The van der Waals surface area contributed by atoms with E-state index in [9.17, 15) is 0 Å². The summed E-state index contributed by atoms with van der Waals surface area (Å²) >= 11 is 0. The highest BCUT2D eigenvalue weighted by molar-refractivity contribution is 5.55. The van der Waals surface area contributed by atoms with E-state index in [4.69, 9.17) is 9.47 Å². The molecular weight excluding hydrogens is 240 g/mol. The van der Waals surface area contributed by atoms with Crippen molar-refractivity contribution >= 4 is 6.08 Å². The Morgan fingerprint density at radius 1 is 1.16 bits per heavy atom. The summed E-state index contributed by atoms with van der Waals surface area (Å²) in [6, 6.07) is 5.96. The smallest absolute Gasteiger partial charge is 0.161 e.